The Morgan fingerprint density at radius 1 is 1.07 bits per heavy atom. The highest BCUT2D eigenvalue weighted by atomic mass is 32.2. The van der Waals surface area contributed by atoms with Crippen LogP contribution in [-0.2, 0) is 16.1 Å². The number of nitrogens with one attached hydrogen (secondary N) is 1. The number of likely N-dealkylation sites (tertiary alicyclic amines) is 1. The largest absolute Gasteiger partial charge is 0.378 e. The number of rotatable bonds is 7. The van der Waals surface area contributed by atoms with Gasteiger partial charge in [-0.25, -0.2) is 0 Å². The van der Waals surface area contributed by atoms with Gasteiger partial charge in [0, 0.05) is 38.3 Å². The van der Waals surface area contributed by atoms with E-state index in [-0.39, 0.29) is 11.8 Å². The number of ether oxygens (including phenoxy) is 1. The summed E-state index contributed by atoms with van der Waals surface area (Å²) < 4.78 is 6.14. The van der Waals surface area contributed by atoms with Crippen molar-refractivity contribution in [3.05, 3.63) is 35.4 Å². The highest BCUT2D eigenvalue weighted by Gasteiger charge is 2.19. The number of hydrogen-bond donors (Lipinski definition) is 1. The number of carbonyl (C=O) groups excluding carboxylic acids is 2. The van der Waals surface area contributed by atoms with Crippen molar-refractivity contribution in [3.63, 3.8) is 0 Å². The molecule has 2 amide bonds. The second kappa shape index (κ2) is 10.2. The Balaban J connectivity index is 1.20. The van der Waals surface area contributed by atoms with Crippen LogP contribution in [0.3, 0.4) is 0 Å². The topological polar surface area (TPSA) is 87.7 Å². The zero-order valence-electron chi connectivity index (χ0n) is 16.7. The summed E-state index contributed by atoms with van der Waals surface area (Å²) >= 11 is 2.90. The van der Waals surface area contributed by atoms with Gasteiger partial charge in [-0.2, -0.15) is 0 Å². The van der Waals surface area contributed by atoms with Gasteiger partial charge in [0.2, 0.25) is 11.0 Å². The third-order valence-corrected chi connectivity index (χ3v) is 7.21. The number of carbonyl (C=O) groups is 2. The molecule has 2 aliphatic heterocycles. The van der Waals surface area contributed by atoms with Crippen molar-refractivity contribution in [2.75, 3.05) is 50.0 Å². The Kier molecular flexibility index (Phi) is 7.19. The number of benzene rings is 1. The van der Waals surface area contributed by atoms with E-state index in [1.54, 1.807) is 0 Å². The number of anilines is 1. The fraction of sp³-hybridized carbons (Fsp3) is 0.500. The molecule has 0 aliphatic carbocycles. The summed E-state index contributed by atoms with van der Waals surface area (Å²) in [5.74, 6) is 0.330. The molecule has 0 spiro atoms. The van der Waals surface area contributed by atoms with Crippen molar-refractivity contribution in [1.29, 1.82) is 0 Å². The number of thioether (sulfide) groups is 1. The Bertz CT molecular complexity index is 862. The molecule has 1 N–H and O–H groups in total. The number of nitrogens with zero attached hydrogens (tertiary/aromatic N) is 4. The number of amides is 2. The number of aromatic nitrogens is 2. The minimum absolute atomic E-state index is 0.0552. The van der Waals surface area contributed by atoms with Crippen LogP contribution in [0.15, 0.2) is 28.6 Å². The summed E-state index contributed by atoms with van der Waals surface area (Å²) in [6.07, 6.45) is 2.17. The molecular formula is C20H25N5O3S2. The second-order valence-electron chi connectivity index (χ2n) is 7.21. The predicted molar refractivity (Wildman–Crippen MR) is 117 cm³/mol. The van der Waals surface area contributed by atoms with E-state index < -0.39 is 0 Å². The summed E-state index contributed by atoms with van der Waals surface area (Å²) in [5, 5.41) is 12.2. The van der Waals surface area contributed by atoms with Crippen molar-refractivity contribution in [3.8, 4) is 0 Å². The Morgan fingerprint density at radius 3 is 2.53 bits per heavy atom. The molecule has 1 aromatic heterocycles. The molecule has 1 aromatic carbocycles. The summed E-state index contributed by atoms with van der Waals surface area (Å²) in [6.45, 7) is 5.18. The lowest BCUT2D eigenvalue weighted by Crippen LogP contribution is -2.36. The smallest absolute Gasteiger partial charge is 0.253 e. The van der Waals surface area contributed by atoms with Crippen molar-refractivity contribution in [1.82, 2.24) is 20.4 Å². The minimum atomic E-state index is -0.0552. The predicted octanol–water partition coefficient (Wildman–Crippen LogP) is 2.02. The van der Waals surface area contributed by atoms with Crippen LogP contribution in [-0.4, -0.2) is 72.1 Å². The van der Waals surface area contributed by atoms with Crippen LogP contribution in [0, 0.1) is 0 Å². The molecule has 2 aliphatic rings. The molecule has 2 aromatic rings. The van der Waals surface area contributed by atoms with Gasteiger partial charge in [0.1, 0.15) is 0 Å². The van der Waals surface area contributed by atoms with Gasteiger partial charge in [0.15, 0.2) is 4.34 Å². The fourth-order valence-corrected chi connectivity index (χ4v) is 5.11. The maximum Gasteiger partial charge on any atom is 0.253 e. The van der Waals surface area contributed by atoms with Crippen molar-refractivity contribution in [2.24, 2.45) is 0 Å². The van der Waals surface area contributed by atoms with Crippen LogP contribution in [0.5, 0.6) is 0 Å². The first-order valence-electron chi connectivity index (χ1n) is 10.1. The van der Waals surface area contributed by atoms with Crippen LogP contribution in [0.2, 0.25) is 0 Å². The summed E-state index contributed by atoms with van der Waals surface area (Å²) in [6, 6.07) is 7.47. The van der Waals surface area contributed by atoms with Crippen LogP contribution in [0.4, 0.5) is 5.13 Å². The van der Waals surface area contributed by atoms with Crippen LogP contribution >= 0.6 is 23.1 Å². The SMILES string of the molecule is O=C(CSc1nnc(N2CCOCC2)s1)NCc1ccc(C(=O)N2CCCC2)cc1. The van der Waals surface area contributed by atoms with Gasteiger partial charge in [-0.15, -0.1) is 10.2 Å². The van der Waals surface area contributed by atoms with Gasteiger partial charge in [-0.05, 0) is 30.5 Å². The average molecular weight is 448 g/mol. The Morgan fingerprint density at radius 2 is 1.80 bits per heavy atom. The maximum absolute atomic E-state index is 12.4. The van der Waals surface area contributed by atoms with Crippen LogP contribution in [0.1, 0.15) is 28.8 Å². The molecule has 30 heavy (non-hydrogen) atoms. The van der Waals surface area contributed by atoms with Crippen molar-refractivity contribution in [2.45, 2.75) is 23.7 Å². The lowest BCUT2D eigenvalue weighted by Gasteiger charge is -2.25. The first kappa shape index (κ1) is 21.1. The van der Waals surface area contributed by atoms with Crippen LogP contribution in [0.25, 0.3) is 0 Å². The van der Waals surface area contributed by atoms with Gasteiger partial charge < -0.3 is 19.9 Å². The lowest BCUT2D eigenvalue weighted by molar-refractivity contribution is -0.118. The number of hydrogen-bond acceptors (Lipinski definition) is 8. The molecule has 0 radical (unpaired) electrons. The first-order chi connectivity index (χ1) is 14.7. The first-order valence-corrected chi connectivity index (χ1v) is 11.9. The van der Waals surface area contributed by atoms with E-state index >= 15 is 0 Å². The monoisotopic (exact) mass is 447 g/mol. The van der Waals surface area contributed by atoms with Gasteiger partial charge in [0.05, 0.1) is 19.0 Å². The third-order valence-electron chi connectivity index (χ3n) is 5.09. The zero-order valence-corrected chi connectivity index (χ0v) is 18.3. The molecule has 0 atom stereocenters. The normalized spacial score (nSPS) is 16.7. The molecule has 8 nitrogen and oxygen atoms in total. The molecular weight excluding hydrogens is 422 g/mol. The van der Waals surface area contributed by atoms with E-state index in [0.717, 1.165) is 54.1 Å². The molecule has 4 rings (SSSR count). The Hall–Kier alpha value is -2.17. The average Bonchev–Trinajstić information content (AvgIpc) is 3.49. The summed E-state index contributed by atoms with van der Waals surface area (Å²) in [7, 11) is 0. The highest BCUT2D eigenvalue weighted by molar-refractivity contribution is 8.01. The lowest BCUT2D eigenvalue weighted by atomic mass is 10.1. The standard InChI is InChI=1S/C20H25N5O3S2/c26-17(14-29-20-23-22-19(30-20)25-9-11-28-12-10-25)21-13-15-3-5-16(6-4-15)18(27)24-7-1-2-8-24/h3-6H,1-2,7-14H2,(H,21,26). The fourth-order valence-electron chi connectivity index (χ4n) is 3.39. The van der Waals surface area contributed by atoms with E-state index in [2.05, 4.69) is 20.4 Å². The molecule has 0 bridgehead atoms. The maximum atomic E-state index is 12.4. The van der Waals surface area contributed by atoms with E-state index in [1.807, 2.05) is 29.2 Å². The number of morpholine rings is 1. The molecule has 10 heteroatoms. The van der Waals surface area contributed by atoms with Crippen molar-refractivity contribution < 1.29 is 14.3 Å². The third kappa shape index (κ3) is 5.50. The van der Waals surface area contributed by atoms with Gasteiger partial charge in [-0.1, -0.05) is 35.2 Å². The quantitative estimate of drug-likeness (QED) is 0.650. The molecule has 0 saturated carbocycles. The van der Waals surface area contributed by atoms with E-state index in [9.17, 15) is 9.59 Å². The van der Waals surface area contributed by atoms with Gasteiger partial charge in [-0.3, -0.25) is 9.59 Å². The zero-order chi connectivity index (χ0) is 20.8. The molecule has 2 fully saturated rings. The summed E-state index contributed by atoms with van der Waals surface area (Å²) in [4.78, 5) is 28.6. The molecule has 3 heterocycles. The minimum Gasteiger partial charge on any atom is -0.378 e. The molecule has 2 saturated heterocycles. The molecule has 0 unspecified atom stereocenters. The molecule has 160 valence electrons. The van der Waals surface area contributed by atoms with Gasteiger partial charge >= 0.3 is 0 Å². The summed E-state index contributed by atoms with van der Waals surface area (Å²) in [5.41, 5.74) is 1.67. The van der Waals surface area contributed by atoms with Gasteiger partial charge in [0.25, 0.3) is 5.91 Å². The highest BCUT2D eigenvalue weighted by Crippen LogP contribution is 2.28. The van der Waals surface area contributed by atoms with Crippen LogP contribution < -0.4 is 10.2 Å². The second-order valence-corrected chi connectivity index (χ2v) is 9.39. The van der Waals surface area contributed by atoms with E-state index in [1.165, 1.54) is 23.1 Å². The Labute approximate surface area is 184 Å². The van der Waals surface area contributed by atoms with Crippen molar-refractivity contribution >= 4 is 40.0 Å². The van der Waals surface area contributed by atoms with E-state index in [0.29, 0.717) is 31.1 Å². The van der Waals surface area contributed by atoms with E-state index in [4.69, 9.17) is 4.74 Å².